The zero-order valence-corrected chi connectivity index (χ0v) is 17.0. The molecule has 0 unspecified atom stereocenters. The second-order valence-electron chi connectivity index (χ2n) is 7.82. The zero-order valence-electron chi connectivity index (χ0n) is 15.4. The van der Waals surface area contributed by atoms with Crippen molar-refractivity contribution in [2.45, 2.75) is 45.6 Å². The van der Waals surface area contributed by atoms with Crippen LogP contribution in [-0.2, 0) is 5.41 Å². The predicted molar refractivity (Wildman–Crippen MR) is 105 cm³/mol. The number of fused-ring (bicyclic) bond motifs is 2. The first-order valence-corrected chi connectivity index (χ1v) is 9.33. The molecule has 0 atom stereocenters. The monoisotopic (exact) mass is 414 g/mol. The normalized spacial score (nSPS) is 17.9. The minimum absolute atomic E-state index is 0.195. The molecule has 6 heteroatoms. The lowest BCUT2D eigenvalue weighted by atomic mass is 9.65. The molecule has 0 bridgehead atoms. The number of aliphatic imine (C=N–C) groups is 1. The minimum Gasteiger partial charge on any atom is -0.277 e. The van der Waals surface area contributed by atoms with Gasteiger partial charge in [0.05, 0.1) is 21.4 Å². The first kappa shape index (κ1) is 17.3. The highest BCUT2D eigenvalue weighted by Crippen LogP contribution is 2.44. The van der Waals surface area contributed by atoms with E-state index in [1.165, 1.54) is 6.07 Å². The molecular weight excluding hydrogens is 395 g/mol. The molecule has 0 radical (unpaired) electrons. The molecular formula is C20H20BrFN4. The van der Waals surface area contributed by atoms with Crippen LogP contribution in [0.1, 0.15) is 50.1 Å². The maximum atomic E-state index is 14.8. The van der Waals surface area contributed by atoms with Gasteiger partial charge < -0.3 is 0 Å². The van der Waals surface area contributed by atoms with E-state index in [1.807, 2.05) is 46.9 Å². The first-order valence-electron chi connectivity index (χ1n) is 8.53. The van der Waals surface area contributed by atoms with E-state index in [2.05, 4.69) is 26.0 Å². The van der Waals surface area contributed by atoms with Gasteiger partial charge in [0.25, 0.3) is 0 Å². The highest BCUT2D eigenvalue weighted by molar-refractivity contribution is 9.10. The average Bonchev–Trinajstić information content (AvgIpc) is 2.85. The summed E-state index contributed by atoms with van der Waals surface area (Å²) in [4.78, 5) is 9.55. The summed E-state index contributed by atoms with van der Waals surface area (Å²) in [6.07, 6.45) is 3.69. The van der Waals surface area contributed by atoms with Gasteiger partial charge in [0.15, 0.2) is 5.65 Å². The number of halogens is 2. The van der Waals surface area contributed by atoms with E-state index in [-0.39, 0.29) is 5.82 Å². The first-order chi connectivity index (χ1) is 12.1. The van der Waals surface area contributed by atoms with Gasteiger partial charge in [-0.05, 0) is 42.8 Å². The lowest BCUT2D eigenvalue weighted by molar-refractivity contribution is 0.293. The second-order valence-corrected chi connectivity index (χ2v) is 8.61. The van der Waals surface area contributed by atoms with Crippen molar-refractivity contribution in [2.24, 2.45) is 4.99 Å². The lowest BCUT2D eigenvalue weighted by Gasteiger charge is -2.44. The van der Waals surface area contributed by atoms with Crippen molar-refractivity contribution in [2.75, 3.05) is 0 Å². The molecule has 0 saturated heterocycles. The van der Waals surface area contributed by atoms with Crippen molar-refractivity contribution in [3.63, 3.8) is 0 Å². The van der Waals surface area contributed by atoms with Crippen LogP contribution in [0.4, 0.5) is 4.39 Å². The quantitative estimate of drug-likeness (QED) is 0.571. The Labute approximate surface area is 160 Å². The van der Waals surface area contributed by atoms with Crippen molar-refractivity contribution in [1.29, 1.82) is 0 Å². The van der Waals surface area contributed by atoms with Crippen LogP contribution in [0.3, 0.4) is 0 Å². The van der Waals surface area contributed by atoms with E-state index < -0.39 is 11.0 Å². The predicted octanol–water partition coefficient (Wildman–Crippen LogP) is 4.85. The Morgan fingerprint density at radius 3 is 2.62 bits per heavy atom. The van der Waals surface area contributed by atoms with Crippen LogP contribution in [0.25, 0.3) is 5.65 Å². The molecule has 3 heterocycles. The third-order valence-corrected chi connectivity index (χ3v) is 6.59. The standard InChI is InChI=1S/C20H20BrFN4/c1-11-16(21)18-23-9-12(10-26(18)25-11)17-13-7-6-8-14(22)15(13)19(2,3)20(4,5)24-17/h6-10H,1-5H3. The fourth-order valence-electron chi connectivity index (χ4n) is 3.50. The molecule has 0 spiro atoms. The minimum atomic E-state index is -0.465. The Morgan fingerprint density at radius 2 is 1.88 bits per heavy atom. The molecule has 0 fully saturated rings. The van der Waals surface area contributed by atoms with Gasteiger partial charge in [-0.1, -0.05) is 26.0 Å². The topological polar surface area (TPSA) is 42.5 Å². The summed E-state index contributed by atoms with van der Waals surface area (Å²) in [5, 5.41) is 4.48. The van der Waals surface area contributed by atoms with Gasteiger partial charge in [-0.15, -0.1) is 0 Å². The maximum absolute atomic E-state index is 14.8. The van der Waals surface area contributed by atoms with Gasteiger partial charge in [-0.3, -0.25) is 4.99 Å². The number of hydrogen-bond acceptors (Lipinski definition) is 3. The number of hydrogen-bond donors (Lipinski definition) is 0. The molecule has 0 N–H and O–H groups in total. The van der Waals surface area contributed by atoms with Crippen molar-refractivity contribution in [3.05, 3.63) is 63.3 Å². The van der Waals surface area contributed by atoms with Gasteiger partial charge in [0.1, 0.15) is 5.82 Å². The van der Waals surface area contributed by atoms with Gasteiger partial charge in [0.2, 0.25) is 0 Å². The van der Waals surface area contributed by atoms with E-state index in [9.17, 15) is 4.39 Å². The molecule has 1 aliphatic heterocycles. The molecule has 1 aliphatic rings. The summed E-state index contributed by atoms with van der Waals surface area (Å²) in [6.45, 7) is 10.1. The third-order valence-electron chi connectivity index (χ3n) is 5.66. The average molecular weight is 415 g/mol. The molecule has 1 aromatic carbocycles. The van der Waals surface area contributed by atoms with Crippen molar-refractivity contribution >= 4 is 27.3 Å². The summed E-state index contributed by atoms with van der Waals surface area (Å²) < 4.78 is 17.4. The molecule has 3 aromatic rings. The maximum Gasteiger partial charge on any atom is 0.169 e. The number of aryl methyl sites for hydroxylation is 1. The summed E-state index contributed by atoms with van der Waals surface area (Å²) in [5.41, 5.74) is 3.82. The van der Waals surface area contributed by atoms with Crippen LogP contribution >= 0.6 is 15.9 Å². The molecule has 134 valence electrons. The Bertz CT molecular complexity index is 1080. The van der Waals surface area contributed by atoms with E-state index >= 15 is 0 Å². The number of nitrogens with zero attached hydrogens (tertiary/aromatic N) is 4. The molecule has 0 saturated carbocycles. The Kier molecular flexibility index (Phi) is 3.64. The SMILES string of the molecule is Cc1nn2cc(C3=NC(C)(C)C(C)(C)c4c(F)cccc43)cnc2c1Br. The molecule has 4 nitrogen and oxygen atoms in total. The third kappa shape index (κ3) is 2.28. The summed E-state index contributed by atoms with van der Waals surface area (Å²) in [6, 6.07) is 5.19. The summed E-state index contributed by atoms with van der Waals surface area (Å²) >= 11 is 3.51. The van der Waals surface area contributed by atoms with Crippen LogP contribution < -0.4 is 0 Å². The zero-order chi connectivity index (χ0) is 18.9. The largest absolute Gasteiger partial charge is 0.277 e. The van der Waals surface area contributed by atoms with E-state index in [4.69, 9.17) is 4.99 Å². The molecule has 0 amide bonds. The second kappa shape index (κ2) is 5.46. The fraction of sp³-hybridized carbons (Fsp3) is 0.350. The van der Waals surface area contributed by atoms with Crippen LogP contribution in [0, 0.1) is 12.7 Å². The van der Waals surface area contributed by atoms with Gasteiger partial charge in [-0.2, -0.15) is 5.10 Å². The van der Waals surface area contributed by atoms with E-state index in [0.717, 1.165) is 32.7 Å². The highest BCUT2D eigenvalue weighted by atomic mass is 79.9. The van der Waals surface area contributed by atoms with Gasteiger partial charge in [0, 0.05) is 34.5 Å². The van der Waals surface area contributed by atoms with Crippen molar-refractivity contribution < 1.29 is 4.39 Å². The molecule has 2 aromatic heterocycles. The van der Waals surface area contributed by atoms with Gasteiger partial charge in [-0.25, -0.2) is 13.9 Å². The Balaban J connectivity index is 2.00. The molecule has 0 aliphatic carbocycles. The Morgan fingerprint density at radius 1 is 1.15 bits per heavy atom. The van der Waals surface area contributed by atoms with Crippen LogP contribution in [0.15, 0.2) is 40.1 Å². The van der Waals surface area contributed by atoms with Crippen LogP contribution in [-0.4, -0.2) is 25.8 Å². The van der Waals surface area contributed by atoms with Crippen molar-refractivity contribution in [3.8, 4) is 0 Å². The van der Waals surface area contributed by atoms with Gasteiger partial charge >= 0.3 is 0 Å². The Hall–Kier alpha value is -2.08. The fourth-order valence-corrected chi connectivity index (χ4v) is 3.86. The molecule has 4 rings (SSSR count). The summed E-state index contributed by atoms with van der Waals surface area (Å²) in [7, 11) is 0. The van der Waals surface area contributed by atoms with E-state index in [0.29, 0.717) is 5.56 Å². The van der Waals surface area contributed by atoms with Crippen molar-refractivity contribution in [1.82, 2.24) is 14.6 Å². The highest BCUT2D eigenvalue weighted by Gasteiger charge is 2.45. The van der Waals surface area contributed by atoms with Crippen LogP contribution in [0.5, 0.6) is 0 Å². The van der Waals surface area contributed by atoms with E-state index in [1.54, 1.807) is 16.8 Å². The number of aromatic nitrogens is 3. The lowest BCUT2D eigenvalue weighted by Crippen LogP contribution is -2.46. The smallest absolute Gasteiger partial charge is 0.169 e. The number of rotatable bonds is 1. The summed E-state index contributed by atoms with van der Waals surface area (Å²) in [5.74, 6) is -0.195. The number of benzene rings is 1. The molecule has 26 heavy (non-hydrogen) atoms. The van der Waals surface area contributed by atoms with Crippen LogP contribution in [0.2, 0.25) is 0 Å².